The molecule has 0 radical (unpaired) electrons. The van der Waals surface area contributed by atoms with E-state index in [1.807, 2.05) is 36.4 Å². The highest BCUT2D eigenvalue weighted by Crippen LogP contribution is 2.44. The molecule has 4 aromatic carbocycles. The first-order valence-corrected chi connectivity index (χ1v) is 15.2. The van der Waals surface area contributed by atoms with E-state index < -0.39 is 5.54 Å². The largest absolute Gasteiger partial charge is 0.428 e. The number of urea groups is 1. The van der Waals surface area contributed by atoms with Gasteiger partial charge in [-0.2, -0.15) is 4.48 Å². The van der Waals surface area contributed by atoms with E-state index in [2.05, 4.69) is 121 Å². The average molecular weight is 552 g/mol. The lowest BCUT2D eigenvalue weighted by Gasteiger charge is -2.45. The number of quaternary nitrogens is 1. The van der Waals surface area contributed by atoms with E-state index >= 15 is 4.79 Å². The summed E-state index contributed by atoms with van der Waals surface area (Å²) in [4.78, 5) is 15.6. The molecule has 2 aliphatic rings. The normalized spacial score (nSPS) is 18.1. The fraction of sp³-hybridized carbons (Fsp3) is 0.205. The Balaban J connectivity index is 1.59. The molecule has 3 nitrogen and oxygen atoms in total. The number of allylic oxidation sites excluding steroid dienone is 4. The molecule has 0 fully saturated rings. The molecular weight excluding hydrogens is 512 g/mol. The fourth-order valence-electron chi connectivity index (χ4n) is 6.81. The van der Waals surface area contributed by atoms with Crippen molar-refractivity contribution in [3.8, 4) is 0 Å². The highest BCUT2D eigenvalue weighted by atomic mass is 16.2. The molecule has 1 N–H and O–H groups in total. The quantitative estimate of drug-likeness (QED) is 0.171. The maximum atomic E-state index is 15.6. The Morgan fingerprint density at radius 3 is 1.88 bits per heavy atom. The monoisotopic (exact) mass is 551 g/mol. The number of hydrogen-bond donors (Lipinski definition) is 1. The van der Waals surface area contributed by atoms with E-state index in [0.29, 0.717) is 6.42 Å². The van der Waals surface area contributed by atoms with Gasteiger partial charge in [0.25, 0.3) is 0 Å². The number of hydrogen-bond acceptors (Lipinski definition) is 1. The SMILES string of the molecule is O=C(NC(Cc1ccccc1)(C1=CC=CCC1)c1ccccc1)[N+](c1ccccc1)(c1ccccc1)C1C=CCCC1. The first kappa shape index (κ1) is 27.7. The molecule has 42 heavy (non-hydrogen) atoms. The van der Waals surface area contributed by atoms with Crippen LogP contribution in [0.2, 0.25) is 0 Å². The molecule has 4 aromatic rings. The maximum absolute atomic E-state index is 15.6. The smallest absolute Gasteiger partial charge is 0.291 e. The number of rotatable bonds is 8. The van der Waals surface area contributed by atoms with E-state index in [1.54, 1.807) is 0 Å². The Morgan fingerprint density at radius 2 is 1.33 bits per heavy atom. The Labute approximate surface area is 250 Å². The van der Waals surface area contributed by atoms with Crippen molar-refractivity contribution in [2.75, 3.05) is 0 Å². The lowest BCUT2D eigenvalue weighted by Crippen LogP contribution is -2.65. The summed E-state index contributed by atoms with van der Waals surface area (Å²) < 4.78 is 0.0880. The van der Waals surface area contributed by atoms with Crippen LogP contribution < -0.4 is 9.80 Å². The van der Waals surface area contributed by atoms with E-state index in [1.165, 1.54) is 11.1 Å². The number of nitrogens with zero attached hydrogens (tertiary/aromatic N) is 1. The fourth-order valence-corrected chi connectivity index (χ4v) is 6.81. The van der Waals surface area contributed by atoms with Crippen LogP contribution in [0.5, 0.6) is 0 Å². The summed E-state index contributed by atoms with van der Waals surface area (Å²) in [6.45, 7) is 0. The lowest BCUT2D eigenvalue weighted by atomic mass is 9.74. The van der Waals surface area contributed by atoms with Crippen molar-refractivity contribution in [3.63, 3.8) is 0 Å². The van der Waals surface area contributed by atoms with Crippen molar-refractivity contribution >= 4 is 17.4 Å². The number of carbonyl (C=O) groups excluding carboxylic acids is 1. The highest BCUT2D eigenvalue weighted by molar-refractivity contribution is 5.95. The van der Waals surface area contributed by atoms with E-state index in [0.717, 1.165) is 49.0 Å². The molecule has 2 aliphatic carbocycles. The number of para-hydroxylation sites is 2. The van der Waals surface area contributed by atoms with Crippen LogP contribution in [0.4, 0.5) is 16.2 Å². The van der Waals surface area contributed by atoms with Gasteiger partial charge in [-0.25, -0.2) is 4.79 Å². The summed E-state index contributed by atoms with van der Waals surface area (Å²) in [6, 6.07) is 41.8. The van der Waals surface area contributed by atoms with Crippen LogP contribution in [-0.4, -0.2) is 12.1 Å². The minimum atomic E-state index is -0.726. The summed E-state index contributed by atoms with van der Waals surface area (Å²) >= 11 is 0. The van der Waals surface area contributed by atoms with Crippen LogP contribution in [-0.2, 0) is 12.0 Å². The summed E-state index contributed by atoms with van der Waals surface area (Å²) in [7, 11) is 0. The van der Waals surface area contributed by atoms with Crippen LogP contribution >= 0.6 is 0 Å². The average Bonchev–Trinajstić information content (AvgIpc) is 3.07. The van der Waals surface area contributed by atoms with Crippen LogP contribution in [0.25, 0.3) is 0 Å². The van der Waals surface area contributed by atoms with Gasteiger partial charge in [-0.1, -0.05) is 121 Å². The summed E-state index contributed by atoms with van der Waals surface area (Å²) in [5.74, 6) is 0. The van der Waals surface area contributed by atoms with E-state index in [4.69, 9.17) is 0 Å². The Hall–Kier alpha value is -4.47. The Bertz CT molecular complexity index is 1520. The molecule has 0 aliphatic heterocycles. The van der Waals surface area contributed by atoms with Gasteiger partial charge in [0.15, 0.2) is 0 Å². The molecule has 3 heteroatoms. The van der Waals surface area contributed by atoms with Crippen LogP contribution in [0, 0.1) is 0 Å². The molecule has 0 saturated heterocycles. The predicted octanol–water partition coefficient (Wildman–Crippen LogP) is 9.56. The molecule has 0 aromatic heterocycles. The second-order valence-corrected chi connectivity index (χ2v) is 11.3. The zero-order valence-electron chi connectivity index (χ0n) is 24.1. The zero-order chi connectivity index (χ0) is 28.7. The van der Waals surface area contributed by atoms with Crippen LogP contribution in [0.1, 0.15) is 43.2 Å². The molecule has 0 spiro atoms. The third kappa shape index (κ3) is 5.29. The first-order chi connectivity index (χ1) is 20.7. The van der Waals surface area contributed by atoms with Crippen LogP contribution in [0.3, 0.4) is 0 Å². The van der Waals surface area contributed by atoms with Gasteiger partial charge in [0.05, 0.1) is 5.54 Å². The van der Waals surface area contributed by atoms with Crippen molar-refractivity contribution in [1.29, 1.82) is 0 Å². The van der Waals surface area contributed by atoms with Crippen molar-refractivity contribution in [3.05, 3.63) is 168 Å². The number of amides is 2. The van der Waals surface area contributed by atoms with Gasteiger partial charge >= 0.3 is 6.03 Å². The molecule has 2 unspecified atom stereocenters. The second kappa shape index (κ2) is 12.6. The molecule has 0 heterocycles. The number of carbonyl (C=O) groups is 1. The van der Waals surface area contributed by atoms with Gasteiger partial charge in [0.2, 0.25) is 0 Å². The highest BCUT2D eigenvalue weighted by Gasteiger charge is 2.51. The zero-order valence-corrected chi connectivity index (χ0v) is 24.1. The van der Waals surface area contributed by atoms with Gasteiger partial charge in [0.1, 0.15) is 17.4 Å². The maximum Gasteiger partial charge on any atom is 0.428 e. The minimum Gasteiger partial charge on any atom is -0.291 e. The molecule has 0 saturated carbocycles. The van der Waals surface area contributed by atoms with Crippen molar-refractivity contribution < 1.29 is 4.79 Å². The van der Waals surface area contributed by atoms with Gasteiger partial charge in [-0.05, 0) is 48.5 Å². The third-order valence-corrected chi connectivity index (χ3v) is 8.83. The van der Waals surface area contributed by atoms with Crippen molar-refractivity contribution in [2.45, 2.75) is 50.1 Å². The second-order valence-electron chi connectivity index (χ2n) is 11.3. The molecule has 0 bridgehead atoms. The van der Waals surface area contributed by atoms with Crippen LogP contribution in [0.15, 0.2) is 157 Å². The van der Waals surface area contributed by atoms with Gasteiger partial charge in [-0.3, -0.25) is 5.32 Å². The Morgan fingerprint density at radius 1 is 0.738 bits per heavy atom. The van der Waals surface area contributed by atoms with E-state index in [-0.39, 0.29) is 16.6 Å². The molecule has 2 atom stereocenters. The van der Waals surface area contributed by atoms with Crippen molar-refractivity contribution in [1.82, 2.24) is 9.80 Å². The standard InChI is InChI=1S/C39H38N2O/c42-38(41(35-25-13-4-14-26-35,36-27-15-5-16-28-36)37-29-17-6-18-30-37)40-39(33-21-9-2-10-22-33,34-23-11-3-12-24-34)31-32-19-7-1-8-20-32/h1-5,7-11,13-17,19-23,25-29,37H,6,12,18,24,30-31H2/p+1. The molecule has 6 rings (SSSR count). The topological polar surface area (TPSA) is 29.1 Å². The summed E-state index contributed by atoms with van der Waals surface area (Å²) in [6.07, 6.45) is 16.6. The lowest BCUT2D eigenvalue weighted by molar-refractivity contribution is 0.194. The number of nitrogens with one attached hydrogen (secondary N) is 1. The van der Waals surface area contributed by atoms with Gasteiger partial charge in [-0.15, -0.1) is 0 Å². The summed E-state index contributed by atoms with van der Waals surface area (Å²) in [5, 5.41) is 3.80. The molecule has 2 amide bonds. The van der Waals surface area contributed by atoms with Gasteiger partial charge in [0, 0.05) is 37.1 Å². The summed E-state index contributed by atoms with van der Waals surface area (Å²) in [5.41, 5.74) is 4.73. The Kier molecular flexibility index (Phi) is 8.30. The minimum absolute atomic E-state index is 0.0146. The number of benzene rings is 4. The first-order valence-electron chi connectivity index (χ1n) is 15.2. The van der Waals surface area contributed by atoms with E-state index in [9.17, 15) is 0 Å². The molecular formula is C39H39N2O+. The predicted molar refractivity (Wildman–Crippen MR) is 174 cm³/mol. The van der Waals surface area contributed by atoms with Gasteiger partial charge < -0.3 is 0 Å². The third-order valence-electron chi connectivity index (χ3n) is 8.83. The van der Waals surface area contributed by atoms with Crippen molar-refractivity contribution in [2.24, 2.45) is 0 Å². The molecule has 210 valence electrons.